The lowest BCUT2D eigenvalue weighted by Crippen LogP contribution is -2.41. The van der Waals surface area contributed by atoms with Crippen LogP contribution in [0, 0.1) is 6.92 Å². The number of hydrogen-bond donors (Lipinski definition) is 0. The molecule has 0 amide bonds. The van der Waals surface area contributed by atoms with Gasteiger partial charge in [0.2, 0.25) is 0 Å². The van der Waals surface area contributed by atoms with Crippen LogP contribution in [0.5, 0.6) is 0 Å². The SMILES string of the molecule is Cc1ccc(S(=O)(=O)N(c2ccc(Br)cc2)[C@@H]2C=CS(=O)(=O)C2)cc1. The third-order valence-electron chi connectivity index (χ3n) is 3.87. The van der Waals surface area contributed by atoms with Gasteiger partial charge in [-0.05, 0) is 49.4 Å². The Labute approximate surface area is 156 Å². The van der Waals surface area contributed by atoms with Gasteiger partial charge in [-0.2, -0.15) is 0 Å². The summed E-state index contributed by atoms with van der Waals surface area (Å²) >= 11 is 3.32. The van der Waals surface area contributed by atoms with Crippen LogP contribution >= 0.6 is 15.9 Å². The molecule has 0 aliphatic carbocycles. The first-order valence-corrected chi connectivity index (χ1v) is 11.4. The van der Waals surface area contributed by atoms with Crippen molar-refractivity contribution in [1.82, 2.24) is 0 Å². The number of rotatable bonds is 4. The molecular formula is C17H16BrNO4S2. The van der Waals surface area contributed by atoms with E-state index in [0.717, 1.165) is 15.4 Å². The molecule has 132 valence electrons. The molecule has 25 heavy (non-hydrogen) atoms. The van der Waals surface area contributed by atoms with E-state index in [4.69, 9.17) is 0 Å². The van der Waals surface area contributed by atoms with Crippen molar-refractivity contribution < 1.29 is 16.8 Å². The maximum atomic E-state index is 13.2. The molecule has 0 bridgehead atoms. The van der Waals surface area contributed by atoms with Crippen molar-refractivity contribution in [2.45, 2.75) is 17.9 Å². The van der Waals surface area contributed by atoms with Crippen molar-refractivity contribution >= 4 is 41.5 Å². The lowest BCUT2D eigenvalue weighted by molar-refractivity contribution is 0.586. The van der Waals surface area contributed by atoms with Crippen LogP contribution in [0.2, 0.25) is 0 Å². The normalized spacial score (nSPS) is 19.0. The third-order valence-corrected chi connectivity index (χ3v) is 7.65. The minimum Gasteiger partial charge on any atom is -0.258 e. The summed E-state index contributed by atoms with van der Waals surface area (Å²) < 4.78 is 52.0. The van der Waals surface area contributed by atoms with E-state index >= 15 is 0 Å². The smallest absolute Gasteiger partial charge is 0.258 e. The standard InChI is InChI=1S/C17H16BrNO4S2/c1-13-2-8-17(9-3-13)25(22,23)19(15-6-4-14(18)5-7-15)16-10-11-24(20,21)12-16/h2-11,16H,12H2,1H3/t16-/m1/s1. The summed E-state index contributed by atoms with van der Waals surface area (Å²) in [6.45, 7) is 1.87. The highest BCUT2D eigenvalue weighted by molar-refractivity contribution is 9.10. The van der Waals surface area contributed by atoms with Crippen molar-refractivity contribution in [2.75, 3.05) is 10.1 Å². The zero-order valence-electron chi connectivity index (χ0n) is 13.3. The van der Waals surface area contributed by atoms with Gasteiger partial charge in [-0.25, -0.2) is 16.8 Å². The largest absolute Gasteiger partial charge is 0.264 e. The first kappa shape index (κ1) is 18.2. The van der Waals surface area contributed by atoms with Crippen LogP contribution in [0.25, 0.3) is 0 Å². The van der Waals surface area contributed by atoms with E-state index in [1.54, 1.807) is 36.4 Å². The highest BCUT2D eigenvalue weighted by Gasteiger charge is 2.35. The lowest BCUT2D eigenvalue weighted by atomic mass is 10.2. The molecule has 0 spiro atoms. The molecule has 0 unspecified atom stereocenters. The Morgan fingerprint density at radius 1 is 1.04 bits per heavy atom. The molecule has 0 aromatic heterocycles. The number of anilines is 1. The molecule has 0 N–H and O–H groups in total. The second-order valence-electron chi connectivity index (χ2n) is 5.82. The summed E-state index contributed by atoms with van der Waals surface area (Å²) in [5, 5.41) is 1.08. The first-order valence-electron chi connectivity index (χ1n) is 7.47. The topological polar surface area (TPSA) is 71.5 Å². The fourth-order valence-electron chi connectivity index (χ4n) is 2.63. The fourth-order valence-corrected chi connectivity index (χ4v) is 5.86. The molecule has 1 aliphatic rings. The van der Waals surface area contributed by atoms with Crippen molar-refractivity contribution in [2.24, 2.45) is 0 Å². The van der Waals surface area contributed by atoms with Gasteiger partial charge in [0.25, 0.3) is 10.0 Å². The zero-order chi connectivity index (χ0) is 18.2. The fraction of sp³-hybridized carbons (Fsp3) is 0.176. The van der Waals surface area contributed by atoms with Crippen LogP contribution in [-0.4, -0.2) is 28.6 Å². The molecule has 0 radical (unpaired) electrons. The summed E-state index contributed by atoms with van der Waals surface area (Å²) in [5.74, 6) is -0.270. The van der Waals surface area contributed by atoms with Crippen molar-refractivity contribution in [3.05, 3.63) is 70.1 Å². The summed E-state index contributed by atoms with van der Waals surface area (Å²) in [7, 11) is -7.32. The highest BCUT2D eigenvalue weighted by Crippen LogP contribution is 2.30. The van der Waals surface area contributed by atoms with Gasteiger partial charge in [0, 0.05) is 9.88 Å². The Bertz CT molecular complexity index is 1010. The average molecular weight is 442 g/mol. The number of hydrogen-bond acceptors (Lipinski definition) is 4. The Kier molecular flexibility index (Phi) is 4.78. The molecule has 0 saturated heterocycles. The van der Waals surface area contributed by atoms with E-state index < -0.39 is 25.9 Å². The molecule has 3 rings (SSSR count). The number of nitrogens with zero attached hydrogens (tertiary/aromatic N) is 1. The van der Waals surface area contributed by atoms with Crippen LogP contribution < -0.4 is 4.31 Å². The average Bonchev–Trinajstić information content (AvgIpc) is 2.89. The van der Waals surface area contributed by atoms with Gasteiger partial charge >= 0.3 is 0 Å². The molecule has 5 nitrogen and oxygen atoms in total. The Balaban J connectivity index is 2.12. The lowest BCUT2D eigenvalue weighted by Gasteiger charge is -2.29. The number of halogens is 1. The van der Waals surface area contributed by atoms with Crippen molar-refractivity contribution in [1.29, 1.82) is 0 Å². The Morgan fingerprint density at radius 3 is 2.16 bits per heavy atom. The summed E-state index contributed by atoms with van der Waals surface area (Å²) in [4.78, 5) is 0.124. The van der Waals surface area contributed by atoms with Gasteiger partial charge in [0.05, 0.1) is 22.4 Å². The zero-order valence-corrected chi connectivity index (χ0v) is 16.6. The maximum absolute atomic E-state index is 13.2. The first-order chi connectivity index (χ1) is 11.7. The predicted octanol–water partition coefficient (Wildman–Crippen LogP) is 3.26. The molecule has 1 atom stereocenters. The van der Waals surface area contributed by atoms with E-state index in [0.29, 0.717) is 5.69 Å². The summed E-state index contributed by atoms with van der Waals surface area (Å²) in [6, 6.07) is 12.5. The van der Waals surface area contributed by atoms with Gasteiger partial charge in [-0.1, -0.05) is 33.6 Å². The molecule has 2 aromatic carbocycles. The highest BCUT2D eigenvalue weighted by atomic mass is 79.9. The molecule has 1 aliphatic heterocycles. The number of sulfonamides is 1. The molecule has 2 aromatic rings. The van der Waals surface area contributed by atoms with Gasteiger partial charge < -0.3 is 0 Å². The summed E-state index contributed by atoms with van der Waals surface area (Å²) in [6.07, 6.45) is 1.42. The van der Waals surface area contributed by atoms with E-state index in [1.165, 1.54) is 22.5 Å². The molecule has 8 heteroatoms. The number of sulfone groups is 1. The maximum Gasteiger partial charge on any atom is 0.264 e. The van der Waals surface area contributed by atoms with Crippen molar-refractivity contribution in [3.63, 3.8) is 0 Å². The van der Waals surface area contributed by atoms with Gasteiger partial charge in [-0.15, -0.1) is 0 Å². The Hall–Kier alpha value is -1.64. The monoisotopic (exact) mass is 441 g/mol. The molecular weight excluding hydrogens is 426 g/mol. The minimum atomic E-state index is -3.92. The second kappa shape index (κ2) is 6.59. The van der Waals surface area contributed by atoms with Crippen LogP contribution in [0.1, 0.15) is 5.56 Å². The van der Waals surface area contributed by atoms with Gasteiger partial charge in [0.1, 0.15) is 0 Å². The van der Waals surface area contributed by atoms with E-state index in [-0.39, 0.29) is 10.6 Å². The number of benzene rings is 2. The minimum absolute atomic E-state index is 0.124. The van der Waals surface area contributed by atoms with Gasteiger partial charge in [0.15, 0.2) is 9.84 Å². The summed E-state index contributed by atoms with van der Waals surface area (Å²) in [5.41, 5.74) is 1.35. The third kappa shape index (κ3) is 3.80. The molecule has 1 heterocycles. The number of aryl methyl sites for hydroxylation is 1. The van der Waals surface area contributed by atoms with E-state index in [9.17, 15) is 16.8 Å². The van der Waals surface area contributed by atoms with Crippen LogP contribution in [-0.2, 0) is 19.9 Å². The predicted molar refractivity (Wildman–Crippen MR) is 102 cm³/mol. The second-order valence-corrected chi connectivity index (χ2v) is 10.5. The molecule has 0 fully saturated rings. The Morgan fingerprint density at radius 2 is 1.64 bits per heavy atom. The van der Waals surface area contributed by atoms with Crippen LogP contribution in [0.15, 0.2) is 69.4 Å². The van der Waals surface area contributed by atoms with E-state index in [2.05, 4.69) is 15.9 Å². The van der Waals surface area contributed by atoms with Crippen molar-refractivity contribution in [3.8, 4) is 0 Å². The molecule has 0 saturated carbocycles. The van der Waals surface area contributed by atoms with Gasteiger partial charge in [-0.3, -0.25) is 4.31 Å². The van der Waals surface area contributed by atoms with E-state index in [1.807, 2.05) is 6.92 Å². The van der Waals surface area contributed by atoms with Crippen LogP contribution in [0.4, 0.5) is 5.69 Å². The van der Waals surface area contributed by atoms with Crippen LogP contribution in [0.3, 0.4) is 0 Å². The quantitative estimate of drug-likeness (QED) is 0.729.